The van der Waals surface area contributed by atoms with Crippen LogP contribution in [-0.2, 0) is 16.1 Å². The highest BCUT2D eigenvalue weighted by atomic mass is 35.5. The minimum Gasteiger partial charge on any atom is -0.484 e. The number of amides is 2. The highest BCUT2D eigenvalue weighted by Crippen LogP contribution is 2.19. The van der Waals surface area contributed by atoms with Crippen molar-refractivity contribution in [2.75, 3.05) is 6.61 Å². The summed E-state index contributed by atoms with van der Waals surface area (Å²) >= 11 is 6.27. The maximum atomic E-state index is 12.9. The zero-order valence-electron chi connectivity index (χ0n) is 16.7. The molecule has 0 aromatic heterocycles. The van der Waals surface area contributed by atoms with Crippen molar-refractivity contribution in [3.05, 3.63) is 65.2 Å². The number of rotatable bonds is 7. The predicted octanol–water partition coefficient (Wildman–Crippen LogP) is 4.05. The average Bonchev–Trinajstić information content (AvgIpc) is 2.64. The topological polar surface area (TPSA) is 58.6 Å². The Balaban J connectivity index is 2.18. The number of nitrogens with zero attached hydrogens (tertiary/aromatic N) is 1. The molecule has 0 heterocycles. The van der Waals surface area contributed by atoms with Crippen LogP contribution in [0.15, 0.2) is 54.6 Å². The number of para-hydroxylation sites is 1. The molecule has 0 radical (unpaired) electrons. The standard InChI is InChI=1S/C22H27ClN2O3/c1-16(21(27)24-22(2,3)4)25(14-17-10-8-9-13-19(17)23)20(26)15-28-18-11-6-5-7-12-18/h5-13,16H,14-15H2,1-4H3,(H,24,27)/t16-/m0/s1. The molecule has 0 aliphatic heterocycles. The van der Waals surface area contributed by atoms with Crippen molar-refractivity contribution < 1.29 is 14.3 Å². The van der Waals surface area contributed by atoms with Crippen molar-refractivity contribution in [1.29, 1.82) is 0 Å². The Labute approximate surface area is 171 Å². The van der Waals surface area contributed by atoms with Gasteiger partial charge in [-0.15, -0.1) is 0 Å². The molecule has 0 spiro atoms. The fourth-order valence-corrected chi connectivity index (χ4v) is 2.81. The van der Waals surface area contributed by atoms with Gasteiger partial charge in [-0.25, -0.2) is 0 Å². The largest absolute Gasteiger partial charge is 0.484 e. The quantitative estimate of drug-likeness (QED) is 0.760. The lowest BCUT2D eigenvalue weighted by Crippen LogP contribution is -2.53. The molecule has 2 aromatic rings. The lowest BCUT2D eigenvalue weighted by Gasteiger charge is -2.31. The lowest BCUT2D eigenvalue weighted by molar-refractivity contribution is -0.142. The Bertz CT molecular complexity index is 803. The van der Waals surface area contributed by atoms with Crippen molar-refractivity contribution in [2.45, 2.75) is 45.8 Å². The molecule has 0 aliphatic rings. The van der Waals surface area contributed by atoms with Crippen LogP contribution in [0.4, 0.5) is 0 Å². The first kappa shape index (κ1) is 21.8. The van der Waals surface area contributed by atoms with Crippen molar-refractivity contribution in [1.82, 2.24) is 10.2 Å². The molecule has 0 bridgehead atoms. The monoisotopic (exact) mass is 402 g/mol. The van der Waals surface area contributed by atoms with Gasteiger partial charge in [0, 0.05) is 17.1 Å². The van der Waals surface area contributed by atoms with E-state index in [-0.39, 0.29) is 25.0 Å². The number of benzene rings is 2. The smallest absolute Gasteiger partial charge is 0.261 e. The van der Waals surface area contributed by atoms with Crippen LogP contribution in [0.3, 0.4) is 0 Å². The molecular weight excluding hydrogens is 376 g/mol. The maximum absolute atomic E-state index is 12.9. The summed E-state index contributed by atoms with van der Waals surface area (Å²) in [5.74, 6) is 0.0771. The summed E-state index contributed by atoms with van der Waals surface area (Å²) < 4.78 is 5.59. The van der Waals surface area contributed by atoms with Gasteiger partial charge in [-0.05, 0) is 51.5 Å². The van der Waals surface area contributed by atoms with Gasteiger partial charge in [0.1, 0.15) is 11.8 Å². The van der Waals surface area contributed by atoms with Gasteiger partial charge in [0.25, 0.3) is 5.91 Å². The Kier molecular flexibility index (Phi) is 7.46. The van der Waals surface area contributed by atoms with E-state index in [1.165, 1.54) is 4.90 Å². The molecule has 2 rings (SSSR count). The molecule has 0 fully saturated rings. The van der Waals surface area contributed by atoms with Crippen molar-refractivity contribution in [3.8, 4) is 5.75 Å². The molecule has 2 aromatic carbocycles. The van der Waals surface area contributed by atoms with E-state index in [1.54, 1.807) is 25.1 Å². The number of ether oxygens (including phenoxy) is 1. The molecule has 1 atom stereocenters. The summed E-state index contributed by atoms with van der Waals surface area (Å²) in [6.45, 7) is 7.46. The van der Waals surface area contributed by atoms with E-state index in [0.717, 1.165) is 5.56 Å². The van der Waals surface area contributed by atoms with Gasteiger partial charge in [0.2, 0.25) is 5.91 Å². The molecule has 0 unspecified atom stereocenters. The summed E-state index contributed by atoms with van der Waals surface area (Å²) in [5, 5.41) is 3.47. The number of hydrogen-bond acceptors (Lipinski definition) is 3. The molecule has 5 nitrogen and oxygen atoms in total. The molecule has 0 aliphatic carbocycles. The maximum Gasteiger partial charge on any atom is 0.261 e. The first-order valence-electron chi connectivity index (χ1n) is 9.20. The van der Waals surface area contributed by atoms with Gasteiger partial charge < -0.3 is 15.0 Å². The van der Waals surface area contributed by atoms with Gasteiger partial charge in [-0.1, -0.05) is 48.0 Å². The van der Waals surface area contributed by atoms with Gasteiger partial charge in [0.05, 0.1) is 0 Å². The van der Waals surface area contributed by atoms with Crippen LogP contribution < -0.4 is 10.1 Å². The third-order valence-electron chi connectivity index (χ3n) is 4.07. The number of hydrogen-bond donors (Lipinski definition) is 1. The van der Waals surface area contributed by atoms with Gasteiger partial charge in [-0.2, -0.15) is 0 Å². The van der Waals surface area contributed by atoms with Crippen LogP contribution in [-0.4, -0.2) is 34.9 Å². The van der Waals surface area contributed by atoms with Crippen LogP contribution in [0.2, 0.25) is 5.02 Å². The second-order valence-electron chi connectivity index (χ2n) is 7.63. The second-order valence-corrected chi connectivity index (χ2v) is 8.04. The molecule has 1 N–H and O–H groups in total. The normalized spacial score (nSPS) is 12.2. The number of nitrogens with one attached hydrogen (secondary N) is 1. The summed E-state index contributed by atoms with van der Waals surface area (Å²) in [5.41, 5.74) is 0.373. The predicted molar refractivity (Wildman–Crippen MR) is 111 cm³/mol. The summed E-state index contributed by atoms with van der Waals surface area (Å²) in [7, 11) is 0. The Morgan fingerprint density at radius 2 is 1.68 bits per heavy atom. The van der Waals surface area contributed by atoms with Crippen molar-refractivity contribution >= 4 is 23.4 Å². The van der Waals surface area contributed by atoms with Crippen molar-refractivity contribution in [3.63, 3.8) is 0 Å². The number of halogens is 1. The zero-order chi connectivity index (χ0) is 20.7. The zero-order valence-corrected chi connectivity index (χ0v) is 17.5. The van der Waals surface area contributed by atoms with Crippen LogP contribution in [0, 0.1) is 0 Å². The summed E-state index contributed by atoms with van der Waals surface area (Å²) in [6, 6.07) is 15.7. The lowest BCUT2D eigenvalue weighted by atomic mass is 10.1. The first-order chi connectivity index (χ1) is 13.2. The molecule has 2 amide bonds. The van der Waals surface area contributed by atoms with E-state index < -0.39 is 11.6 Å². The second kappa shape index (κ2) is 9.60. The minimum atomic E-state index is -0.678. The summed E-state index contributed by atoms with van der Waals surface area (Å²) in [4.78, 5) is 27.1. The third-order valence-corrected chi connectivity index (χ3v) is 4.44. The molecule has 28 heavy (non-hydrogen) atoms. The summed E-state index contributed by atoms with van der Waals surface area (Å²) in [6.07, 6.45) is 0. The minimum absolute atomic E-state index is 0.165. The van der Waals surface area contributed by atoms with Gasteiger partial charge in [0.15, 0.2) is 6.61 Å². The molecule has 150 valence electrons. The first-order valence-corrected chi connectivity index (χ1v) is 9.58. The number of carbonyl (C=O) groups is 2. The van der Waals surface area contributed by atoms with E-state index in [1.807, 2.05) is 57.2 Å². The van der Waals surface area contributed by atoms with Crippen LogP contribution >= 0.6 is 11.6 Å². The van der Waals surface area contributed by atoms with E-state index in [4.69, 9.17) is 16.3 Å². The average molecular weight is 403 g/mol. The van der Waals surface area contributed by atoms with E-state index in [2.05, 4.69) is 5.32 Å². The Hall–Kier alpha value is -2.53. The fraction of sp³-hybridized carbons (Fsp3) is 0.364. The van der Waals surface area contributed by atoms with Crippen LogP contribution in [0.1, 0.15) is 33.3 Å². The number of carbonyl (C=O) groups excluding carboxylic acids is 2. The molecule has 0 saturated carbocycles. The van der Waals surface area contributed by atoms with Crippen molar-refractivity contribution in [2.24, 2.45) is 0 Å². The van der Waals surface area contributed by atoms with Crippen LogP contribution in [0.5, 0.6) is 5.75 Å². The molecule has 6 heteroatoms. The Morgan fingerprint density at radius 1 is 1.07 bits per heavy atom. The van der Waals surface area contributed by atoms with Gasteiger partial charge >= 0.3 is 0 Å². The fourth-order valence-electron chi connectivity index (χ4n) is 2.61. The highest BCUT2D eigenvalue weighted by Gasteiger charge is 2.29. The third kappa shape index (κ3) is 6.57. The van der Waals surface area contributed by atoms with E-state index in [9.17, 15) is 9.59 Å². The van der Waals surface area contributed by atoms with Gasteiger partial charge in [-0.3, -0.25) is 9.59 Å². The SMILES string of the molecule is C[C@@H](C(=O)NC(C)(C)C)N(Cc1ccccc1Cl)C(=O)COc1ccccc1. The van der Waals surface area contributed by atoms with E-state index in [0.29, 0.717) is 10.8 Å². The molecule has 0 saturated heterocycles. The Morgan fingerprint density at radius 3 is 2.29 bits per heavy atom. The van der Waals surface area contributed by atoms with Crippen LogP contribution in [0.25, 0.3) is 0 Å². The van der Waals surface area contributed by atoms with E-state index >= 15 is 0 Å². The highest BCUT2D eigenvalue weighted by molar-refractivity contribution is 6.31. The molecular formula is C22H27ClN2O3.